The number of nitrogens with zero attached hydrogens (tertiary/aromatic N) is 1. The van der Waals surface area contributed by atoms with Crippen molar-refractivity contribution in [2.24, 2.45) is 0 Å². The van der Waals surface area contributed by atoms with Crippen molar-refractivity contribution < 1.29 is 4.57 Å². The standard InChI is InChI=1S/C16H14N/c1-2-10-5-8-14-12-7-4-11-6-9-15(16(11)12)17(14)13(10)3-1/h1-2,4-5,8,15H,3,6-7,9H2/q+1. The topological polar surface area (TPSA) is 3.88 Å². The van der Waals surface area contributed by atoms with Gasteiger partial charge in [-0.1, -0.05) is 18.2 Å². The first-order valence-corrected chi connectivity index (χ1v) is 6.60. The van der Waals surface area contributed by atoms with Crippen LogP contribution in [-0.4, -0.2) is 0 Å². The van der Waals surface area contributed by atoms with Crippen molar-refractivity contribution in [2.75, 3.05) is 0 Å². The van der Waals surface area contributed by atoms with Crippen molar-refractivity contribution in [3.8, 4) is 0 Å². The molecule has 1 unspecified atom stereocenters. The van der Waals surface area contributed by atoms with E-state index >= 15 is 0 Å². The summed E-state index contributed by atoms with van der Waals surface area (Å²) in [5.41, 5.74) is 9.44. The van der Waals surface area contributed by atoms with Crippen LogP contribution in [0.5, 0.6) is 0 Å². The maximum atomic E-state index is 2.64. The van der Waals surface area contributed by atoms with E-state index in [1.807, 2.05) is 0 Å². The van der Waals surface area contributed by atoms with Gasteiger partial charge in [0, 0.05) is 29.2 Å². The average molecular weight is 220 g/mol. The highest BCUT2D eigenvalue weighted by Crippen LogP contribution is 2.50. The predicted octanol–water partition coefficient (Wildman–Crippen LogP) is 2.98. The molecule has 1 heteroatoms. The van der Waals surface area contributed by atoms with Gasteiger partial charge >= 0.3 is 0 Å². The van der Waals surface area contributed by atoms with E-state index in [1.165, 1.54) is 30.5 Å². The summed E-state index contributed by atoms with van der Waals surface area (Å²) in [4.78, 5) is 0. The number of allylic oxidation sites excluding steroid dienone is 5. The number of hydrogen-bond acceptors (Lipinski definition) is 0. The van der Waals surface area contributed by atoms with Gasteiger partial charge in [0.15, 0.2) is 11.7 Å². The third-order valence-electron chi connectivity index (χ3n) is 4.78. The van der Waals surface area contributed by atoms with Gasteiger partial charge in [-0.05, 0) is 24.5 Å². The fraction of sp³-hybridized carbons (Fsp3) is 0.312. The molecule has 0 amide bonds. The molecule has 0 spiro atoms. The highest BCUT2D eigenvalue weighted by atomic mass is 15.1. The molecule has 1 aromatic rings. The van der Waals surface area contributed by atoms with Crippen molar-refractivity contribution in [2.45, 2.75) is 31.7 Å². The predicted molar refractivity (Wildman–Crippen MR) is 67.3 cm³/mol. The van der Waals surface area contributed by atoms with Gasteiger partial charge in [-0.3, -0.25) is 0 Å². The number of hydrogen-bond donors (Lipinski definition) is 0. The lowest BCUT2D eigenvalue weighted by Crippen LogP contribution is -2.43. The van der Waals surface area contributed by atoms with E-state index in [2.05, 4.69) is 34.9 Å². The van der Waals surface area contributed by atoms with E-state index in [9.17, 15) is 0 Å². The molecule has 0 saturated heterocycles. The van der Waals surface area contributed by atoms with Crippen molar-refractivity contribution in [3.63, 3.8) is 0 Å². The van der Waals surface area contributed by atoms with Crippen LogP contribution in [0.3, 0.4) is 0 Å². The van der Waals surface area contributed by atoms with Crippen LogP contribution in [0, 0.1) is 0 Å². The summed E-state index contributed by atoms with van der Waals surface area (Å²) >= 11 is 0. The van der Waals surface area contributed by atoms with E-state index < -0.39 is 0 Å². The van der Waals surface area contributed by atoms with Crippen LogP contribution < -0.4 is 4.57 Å². The molecular formula is C16H14N+. The van der Waals surface area contributed by atoms with E-state index in [1.54, 1.807) is 22.4 Å². The second kappa shape index (κ2) is 2.61. The second-order valence-electron chi connectivity index (χ2n) is 5.48. The summed E-state index contributed by atoms with van der Waals surface area (Å²) in [6, 6.07) is 5.31. The normalized spacial score (nSPS) is 26.4. The number of aromatic nitrogens is 1. The Morgan fingerprint density at radius 2 is 2.18 bits per heavy atom. The Hall–Kier alpha value is -1.63. The maximum Gasteiger partial charge on any atom is 0.210 e. The SMILES string of the molecule is C1=Cc2ccc3[n+](c2C1)C1CCC2=CCC3=C21. The molecule has 1 saturated carbocycles. The van der Waals surface area contributed by atoms with Gasteiger partial charge in [0.25, 0.3) is 0 Å². The smallest absolute Gasteiger partial charge is 0.188 e. The van der Waals surface area contributed by atoms with Crippen molar-refractivity contribution >= 4 is 11.6 Å². The molecule has 2 heterocycles. The summed E-state index contributed by atoms with van der Waals surface area (Å²) in [6.45, 7) is 0. The molecule has 0 aromatic carbocycles. The van der Waals surface area contributed by atoms with E-state index in [0.29, 0.717) is 6.04 Å². The zero-order valence-corrected chi connectivity index (χ0v) is 9.74. The largest absolute Gasteiger partial charge is 0.210 e. The second-order valence-corrected chi connectivity index (χ2v) is 5.48. The lowest BCUT2D eigenvalue weighted by atomic mass is 10.1. The first-order valence-electron chi connectivity index (χ1n) is 6.60. The minimum atomic E-state index is 0.670. The van der Waals surface area contributed by atoms with Gasteiger partial charge in [0.2, 0.25) is 5.69 Å². The summed E-state index contributed by atoms with van der Waals surface area (Å²) in [7, 11) is 0. The van der Waals surface area contributed by atoms with Gasteiger partial charge in [0.05, 0.1) is 6.42 Å². The molecule has 0 radical (unpaired) electrons. The van der Waals surface area contributed by atoms with Gasteiger partial charge in [-0.2, -0.15) is 4.57 Å². The van der Waals surface area contributed by atoms with Crippen molar-refractivity contribution in [1.29, 1.82) is 0 Å². The molecule has 1 aliphatic heterocycles. The summed E-state index contributed by atoms with van der Waals surface area (Å²) in [5.74, 6) is 0. The molecule has 1 atom stereocenters. The molecule has 1 fully saturated rings. The highest BCUT2D eigenvalue weighted by Gasteiger charge is 2.47. The molecule has 17 heavy (non-hydrogen) atoms. The van der Waals surface area contributed by atoms with E-state index in [-0.39, 0.29) is 0 Å². The zero-order chi connectivity index (χ0) is 11.0. The Kier molecular flexibility index (Phi) is 1.30. The van der Waals surface area contributed by atoms with Crippen LogP contribution in [0.25, 0.3) is 11.6 Å². The van der Waals surface area contributed by atoms with Crippen LogP contribution in [0.1, 0.15) is 42.3 Å². The van der Waals surface area contributed by atoms with Crippen molar-refractivity contribution in [1.82, 2.24) is 0 Å². The molecule has 82 valence electrons. The molecule has 0 N–H and O–H groups in total. The quantitative estimate of drug-likeness (QED) is 0.592. The maximum absolute atomic E-state index is 2.64. The van der Waals surface area contributed by atoms with E-state index in [4.69, 9.17) is 0 Å². The Morgan fingerprint density at radius 3 is 3.18 bits per heavy atom. The molecule has 1 nitrogen and oxygen atoms in total. The van der Waals surface area contributed by atoms with Crippen LogP contribution in [0.2, 0.25) is 0 Å². The fourth-order valence-electron chi connectivity index (χ4n) is 4.13. The monoisotopic (exact) mass is 220 g/mol. The first-order chi connectivity index (χ1) is 8.43. The Morgan fingerprint density at radius 1 is 1.18 bits per heavy atom. The summed E-state index contributed by atoms with van der Waals surface area (Å²) in [5, 5.41) is 0. The van der Waals surface area contributed by atoms with Crippen LogP contribution in [0.4, 0.5) is 0 Å². The number of fused-ring (bicyclic) bond motifs is 5. The van der Waals surface area contributed by atoms with Crippen LogP contribution >= 0.6 is 0 Å². The van der Waals surface area contributed by atoms with Gasteiger partial charge < -0.3 is 0 Å². The molecule has 3 aliphatic carbocycles. The van der Waals surface area contributed by atoms with Gasteiger partial charge in [0.1, 0.15) is 0 Å². The Bertz CT molecular complexity index is 658. The van der Waals surface area contributed by atoms with Gasteiger partial charge in [-0.25, -0.2) is 0 Å². The molecule has 1 aromatic heterocycles. The molecule has 5 rings (SSSR count). The third kappa shape index (κ3) is 0.833. The molecular weight excluding hydrogens is 206 g/mol. The third-order valence-corrected chi connectivity index (χ3v) is 4.78. The van der Waals surface area contributed by atoms with Crippen LogP contribution in [0.15, 0.2) is 35.4 Å². The van der Waals surface area contributed by atoms with Crippen LogP contribution in [-0.2, 0) is 6.42 Å². The van der Waals surface area contributed by atoms with E-state index in [0.717, 1.165) is 6.42 Å². The molecule has 4 aliphatic rings. The number of rotatable bonds is 0. The Balaban J connectivity index is 1.84. The minimum absolute atomic E-state index is 0.670. The molecule has 0 bridgehead atoms. The fourth-order valence-corrected chi connectivity index (χ4v) is 4.13. The first kappa shape index (κ1) is 8.46. The van der Waals surface area contributed by atoms with Gasteiger partial charge in [-0.15, -0.1) is 0 Å². The summed E-state index contributed by atoms with van der Waals surface area (Å²) < 4.78 is 2.64. The Labute approximate surface area is 101 Å². The zero-order valence-electron chi connectivity index (χ0n) is 9.74. The highest BCUT2D eigenvalue weighted by molar-refractivity contribution is 5.78. The average Bonchev–Trinajstić information content (AvgIpc) is 3.07. The number of pyridine rings is 1. The lowest BCUT2D eigenvalue weighted by molar-refractivity contribution is -0.716. The summed E-state index contributed by atoms with van der Waals surface area (Å²) in [6.07, 6.45) is 11.9. The van der Waals surface area contributed by atoms with Crippen molar-refractivity contribution in [3.05, 3.63) is 52.4 Å². The minimum Gasteiger partial charge on any atom is -0.188 e. The lowest BCUT2D eigenvalue weighted by Gasteiger charge is -2.08.